The van der Waals surface area contributed by atoms with Crippen LogP contribution in [0.2, 0.25) is 0 Å². The van der Waals surface area contributed by atoms with Crippen LogP contribution < -0.4 is 5.32 Å². The summed E-state index contributed by atoms with van der Waals surface area (Å²) < 4.78 is 0. The Kier molecular flexibility index (Phi) is 4.04. The van der Waals surface area contributed by atoms with E-state index in [1.165, 1.54) is 25.0 Å². The maximum absolute atomic E-state index is 4.39. The molecule has 2 rings (SSSR count). The van der Waals surface area contributed by atoms with E-state index in [0.29, 0.717) is 0 Å². The van der Waals surface area contributed by atoms with Crippen molar-refractivity contribution < 1.29 is 0 Å². The number of anilines is 1. The second kappa shape index (κ2) is 5.53. The summed E-state index contributed by atoms with van der Waals surface area (Å²) in [7, 11) is 0. The Morgan fingerprint density at radius 3 is 2.94 bits per heavy atom. The van der Waals surface area contributed by atoms with Gasteiger partial charge in [0.25, 0.3) is 0 Å². The fourth-order valence-corrected chi connectivity index (χ4v) is 3.23. The van der Waals surface area contributed by atoms with E-state index in [1.54, 1.807) is 0 Å². The Balaban J connectivity index is 1.88. The number of aromatic nitrogens is 2. The normalized spacial score (nSPS) is 20.8. The van der Waals surface area contributed by atoms with Gasteiger partial charge in [0.05, 0.1) is 0 Å². The average molecular weight is 237 g/mol. The molecule has 3 nitrogen and oxygen atoms in total. The van der Waals surface area contributed by atoms with Crippen molar-refractivity contribution in [3.63, 3.8) is 0 Å². The second-order valence-electron chi connectivity index (χ2n) is 4.31. The van der Waals surface area contributed by atoms with Gasteiger partial charge in [0.2, 0.25) is 0 Å². The molecule has 0 saturated carbocycles. The monoisotopic (exact) mass is 237 g/mol. The summed E-state index contributed by atoms with van der Waals surface area (Å²) in [5.41, 5.74) is 1.03. The van der Waals surface area contributed by atoms with E-state index in [0.717, 1.165) is 29.1 Å². The smallest absolute Gasteiger partial charge is 0.129 e. The number of nitrogens with one attached hydrogen (secondary N) is 1. The first kappa shape index (κ1) is 11.7. The zero-order valence-corrected chi connectivity index (χ0v) is 10.8. The zero-order valence-electron chi connectivity index (χ0n) is 9.99. The Morgan fingerprint density at radius 2 is 2.25 bits per heavy atom. The lowest BCUT2D eigenvalue weighted by Crippen LogP contribution is -2.20. The molecule has 0 spiro atoms. The van der Waals surface area contributed by atoms with E-state index in [1.807, 2.05) is 19.9 Å². The first-order chi connectivity index (χ1) is 7.74. The van der Waals surface area contributed by atoms with E-state index in [4.69, 9.17) is 0 Å². The van der Waals surface area contributed by atoms with Crippen LogP contribution >= 0.6 is 11.8 Å². The molecule has 2 heterocycles. The number of hydrogen-bond acceptors (Lipinski definition) is 4. The lowest BCUT2D eigenvalue weighted by Gasteiger charge is -2.21. The Morgan fingerprint density at radius 1 is 1.38 bits per heavy atom. The predicted octanol–water partition coefficient (Wildman–Crippen LogP) is 2.79. The Hall–Kier alpha value is -0.770. The molecule has 0 aliphatic carbocycles. The highest BCUT2D eigenvalue weighted by Gasteiger charge is 2.13. The minimum Gasteiger partial charge on any atom is -0.369 e. The number of rotatable bonds is 3. The van der Waals surface area contributed by atoms with Crippen molar-refractivity contribution in [1.29, 1.82) is 0 Å². The third kappa shape index (κ3) is 3.37. The summed E-state index contributed by atoms with van der Waals surface area (Å²) in [4.78, 5) is 8.66. The highest BCUT2D eigenvalue weighted by atomic mass is 32.2. The fourth-order valence-electron chi connectivity index (χ4n) is 1.99. The molecule has 1 saturated heterocycles. The average Bonchev–Trinajstić information content (AvgIpc) is 2.27. The van der Waals surface area contributed by atoms with Gasteiger partial charge in [0.1, 0.15) is 11.6 Å². The molecule has 4 heteroatoms. The molecule has 1 unspecified atom stereocenters. The third-order valence-corrected chi connectivity index (χ3v) is 4.15. The molecule has 0 aromatic carbocycles. The molecule has 88 valence electrons. The van der Waals surface area contributed by atoms with E-state index < -0.39 is 0 Å². The van der Waals surface area contributed by atoms with Crippen LogP contribution in [0.5, 0.6) is 0 Å². The van der Waals surface area contributed by atoms with Crippen molar-refractivity contribution in [2.24, 2.45) is 0 Å². The van der Waals surface area contributed by atoms with E-state index in [9.17, 15) is 0 Å². The molecule has 0 amide bonds. The van der Waals surface area contributed by atoms with Gasteiger partial charge in [-0.3, -0.25) is 0 Å². The summed E-state index contributed by atoms with van der Waals surface area (Å²) in [6, 6.07) is 2.01. The molecule has 16 heavy (non-hydrogen) atoms. The zero-order chi connectivity index (χ0) is 11.4. The van der Waals surface area contributed by atoms with Gasteiger partial charge >= 0.3 is 0 Å². The summed E-state index contributed by atoms with van der Waals surface area (Å²) in [6.07, 6.45) is 4.09. The minimum atomic E-state index is 0.754. The summed E-state index contributed by atoms with van der Waals surface area (Å²) in [5.74, 6) is 3.13. The SMILES string of the molecule is Cc1cc(NCC2CCCCS2)nc(C)n1. The van der Waals surface area contributed by atoms with Crippen LogP contribution in [0, 0.1) is 13.8 Å². The molecule has 1 aliphatic heterocycles. The van der Waals surface area contributed by atoms with Crippen molar-refractivity contribution in [3.05, 3.63) is 17.6 Å². The Labute approximate surface area is 101 Å². The first-order valence-electron chi connectivity index (χ1n) is 5.92. The maximum atomic E-state index is 4.39. The van der Waals surface area contributed by atoms with Crippen molar-refractivity contribution >= 4 is 17.6 Å². The van der Waals surface area contributed by atoms with Crippen LogP contribution in [0.25, 0.3) is 0 Å². The molecule has 1 fully saturated rings. The molecule has 0 bridgehead atoms. The van der Waals surface area contributed by atoms with Gasteiger partial charge in [0, 0.05) is 23.6 Å². The largest absolute Gasteiger partial charge is 0.369 e. The fraction of sp³-hybridized carbons (Fsp3) is 0.667. The van der Waals surface area contributed by atoms with Crippen molar-refractivity contribution in [2.45, 2.75) is 38.4 Å². The highest BCUT2D eigenvalue weighted by molar-refractivity contribution is 7.99. The number of nitrogens with zero attached hydrogens (tertiary/aromatic N) is 2. The number of aryl methyl sites for hydroxylation is 2. The van der Waals surface area contributed by atoms with Gasteiger partial charge in [-0.2, -0.15) is 11.8 Å². The van der Waals surface area contributed by atoms with Gasteiger partial charge in [-0.1, -0.05) is 6.42 Å². The van der Waals surface area contributed by atoms with Gasteiger partial charge in [0.15, 0.2) is 0 Å². The molecule has 1 N–H and O–H groups in total. The number of thioether (sulfide) groups is 1. The first-order valence-corrected chi connectivity index (χ1v) is 6.96. The van der Waals surface area contributed by atoms with Crippen LogP contribution in [0.4, 0.5) is 5.82 Å². The van der Waals surface area contributed by atoms with Crippen LogP contribution in [-0.4, -0.2) is 27.5 Å². The standard InChI is InChI=1S/C12H19N3S/c1-9-7-12(15-10(2)14-9)13-8-11-5-3-4-6-16-11/h7,11H,3-6,8H2,1-2H3,(H,13,14,15). The minimum absolute atomic E-state index is 0.754. The molecule has 1 aliphatic rings. The van der Waals surface area contributed by atoms with Crippen molar-refractivity contribution in [3.8, 4) is 0 Å². The van der Waals surface area contributed by atoms with E-state index in [2.05, 4.69) is 27.0 Å². The molecular formula is C12H19N3S. The van der Waals surface area contributed by atoms with Crippen molar-refractivity contribution in [1.82, 2.24) is 9.97 Å². The van der Waals surface area contributed by atoms with Crippen LogP contribution in [0.1, 0.15) is 30.8 Å². The highest BCUT2D eigenvalue weighted by Crippen LogP contribution is 2.25. The second-order valence-corrected chi connectivity index (χ2v) is 5.72. The Bertz CT molecular complexity index is 328. The molecule has 1 aromatic rings. The van der Waals surface area contributed by atoms with Gasteiger partial charge in [-0.15, -0.1) is 0 Å². The van der Waals surface area contributed by atoms with Gasteiger partial charge < -0.3 is 5.32 Å². The van der Waals surface area contributed by atoms with Crippen LogP contribution in [0.15, 0.2) is 6.07 Å². The van der Waals surface area contributed by atoms with E-state index >= 15 is 0 Å². The van der Waals surface area contributed by atoms with Crippen LogP contribution in [-0.2, 0) is 0 Å². The van der Waals surface area contributed by atoms with Crippen molar-refractivity contribution in [2.75, 3.05) is 17.6 Å². The third-order valence-electron chi connectivity index (χ3n) is 2.75. The quantitative estimate of drug-likeness (QED) is 0.877. The topological polar surface area (TPSA) is 37.8 Å². The van der Waals surface area contributed by atoms with Crippen LogP contribution in [0.3, 0.4) is 0 Å². The molecule has 1 aromatic heterocycles. The molecular weight excluding hydrogens is 218 g/mol. The lowest BCUT2D eigenvalue weighted by molar-refractivity contribution is 0.676. The number of hydrogen-bond donors (Lipinski definition) is 1. The summed E-state index contributed by atoms with van der Waals surface area (Å²) in [5, 5.41) is 4.18. The van der Waals surface area contributed by atoms with Gasteiger partial charge in [-0.25, -0.2) is 9.97 Å². The summed E-state index contributed by atoms with van der Waals surface area (Å²) in [6.45, 7) is 4.98. The maximum Gasteiger partial charge on any atom is 0.129 e. The van der Waals surface area contributed by atoms with Gasteiger partial charge in [-0.05, 0) is 32.4 Å². The lowest BCUT2D eigenvalue weighted by atomic mass is 10.2. The molecule has 0 radical (unpaired) electrons. The summed E-state index contributed by atoms with van der Waals surface area (Å²) >= 11 is 2.08. The molecule has 1 atom stereocenters. The predicted molar refractivity (Wildman–Crippen MR) is 70.1 cm³/mol. The van der Waals surface area contributed by atoms with E-state index in [-0.39, 0.29) is 0 Å².